The van der Waals surface area contributed by atoms with Crippen molar-refractivity contribution in [2.45, 2.75) is 33.2 Å². The molecule has 1 aliphatic heterocycles. The van der Waals surface area contributed by atoms with Crippen LogP contribution in [0.3, 0.4) is 0 Å². The van der Waals surface area contributed by atoms with Gasteiger partial charge in [-0.2, -0.15) is 0 Å². The summed E-state index contributed by atoms with van der Waals surface area (Å²) in [6.45, 7) is 7.25. The van der Waals surface area contributed by atoms with Crippen molar-refractivity contribution in [3.05, 3.63) is 23.4 Å². The predicted molar refractivity (Wildman–Crippen MR) is 67.5 cm³/mol. The molecule has 1 aliphatic rings. The highest BCUT2D eigenvalue weighted by Gasteiger charge is 2.19. The fourth-order valence-electron chi connectivity index (χ4n) is 2.32. The number of aryl methyl sites for hydroxylation is 1. The van der Waals surface area contributed by atoms with Crippen molar-refractivity contribution in [3.8, 4) is 0 Å². The Morgan fingerprint density at radius 1 is 1.44 bits per heavy atom. The monoisotopic (exact) mass is 219 g/mol. The maximum absolute atomic E-state index is 5.82. The minimum atomic E-state index is 0.584. The van der Waals surface area contributed by atoms with Gasteiger partial charge in [0.1, 0.15) is 5.82 Å². The fraction of sp³-hybridized carbons (Fsp3) is 0.615. The Morgan fingerprint density at radius 3 is 2.75 bits per heavy atom. The van der Waals surface area contributed by atoms with Crippen molar-refractivity contribution in [2.75, 3.05) is 18.0 Å². The summed E-state index contributed by atoms with van der Waals surface area (Å²) in [6, 6.07) is 2.04. The quantitative estimate of drug-likeness (QED) is 0.828. The molecule has 1 aromatic rings. The topological polar surface area (TPSA) is 42.2 Å². The van der Waals surface area contributed by atoms with E-state index in [-0.39, 0.29) is 0 Å². The van der Waals surface area contributed by atoms with Gasteiger partial charge < -0.3 is 10.6 Å². The molecule has 0 aliphatic carbocycles. The van der Waals surface area contributed by atoms with Gasteiger partial charge in [-0.05, 0) is 37.3 Å². The highest BCUT2D eigenvalue weighted by atomic mass is 15.2. The molecule has 0 amide bonds. The van der Waals surface area contributed by atoms with Crippen LogP contribution < -0.4 is 10.6 Å². The van der Waals surface area contributed by atoms with Crippen molar-refractivity contribution in [2.24, 2.45) is 11.7 Å². The molecule has 0 bridgehead atoms. The molecular formula is C13H21N3. The molecule has 2 rings (SSSR count). The van der Waals surface area contributed by atoms with E-state index in [9.17, 15) is 0 Å². The third kappa shape index (κ3) is 2.19. The first-order valence-electron chi connectivity index (χ1n) is 6.12. The largest absolute Gasteiger partial charge is 0.356 e. The Labute approximate surface area is 97.7 Å². The van der Waals surface area contributed by atoms with Crippen molar-refractivity contribution in [1.82, 2.24) is 4.98 Å². The predicted octanol–water partition coefficient (Wildman–Crippen LogP) is 2.09. The van der Waals surface area contributed by atoms with E-state index in [0.29, 0.717) is 6.54 Å². The van der Waals surface area contributed by atoms with E-state index in [0.717, 1.165) is 24.8 Å². The van der Waals surface area contributed by atoms with Crippen LogP contribution in [0.5, 0.6) is 0 Å². The average molecular weight is 219 g/mol. The van der Waals surface area contributed by atoms with Gasteiger partial charge in [0, 0.05) is 31.4 Å². The van der Waals surface area contributed by atoms with Crippen LogP contribution in [-0.4, -0.2) is 18.1 Å². The Balaban J connectivity index is 2.23. The molecule has 0 unspecified atom stereocenters. The molecule has 3 nitrogen and oxygen atoms in total. The second kappa shape index (κ2) is 4.83. The van der Waals surface area contributed by atoms with Gasteiger partial charge in [-0.25, -0.2) is 4.98 Å². The van der Waals surface area contributed by atoms with Crippen LogP contribution in [0.1, 0.15) is 30.9 Å². The lowest BCUT2D eigenvalue weighted by molar-refractivity contribution is 0.436. The summed E-state index contributed by atoms with van der Waals surface area (Å²) in [5.74, 6) is 1.96. The number of anilines is 1. The highest BCUT2D eigenvalue weighted by Crippen LogP contribution is 2.25. The summed E-state index contributed by atoms with van der Waals surface area (Å²) >= 11 is 0. The Bertz CT molecular complexity index is 354. The maximum Gasteiger partial charge on any atom is 0.133 e. The number of rotatable bonds is 2. The lowest BCUT2D eigenvalue weighted by Crippen LogP contribution is -2.34. The summed E-state index contributed by atoms with van der Waals surface area (Å²) in [6.07, 6.45) is 4.42. The van der Waals surface area contributed by atoms with Crippen molar-refractivity contribution in [3.63, 3.8) is 0 Å². The van der Waals surface area contributed by atoms with E-state index in [1.54, 1.807) is 0 Å². The Morgan fingerprint density at radius 2 is 2.12 bits per heavy atom. The van der Waals surface area contributed by atoms with E-state index >= 15 is 0 Å². The maximum atomic E-state index is 5.82. The molecule has 16 heavy (non-hydrogen) atoms. The molecule has 0 atom stereocenters. The van der Waals surface area contributed by atoms with Crippen LogP contribution in [0.15, 0.2) is 12.3 Å². The first-order valence-corrected chi connectivity index (χ1v) is 6.12. The van der Waals surface area contributed by atoms with Crippen LogP contribution >= 0.6 is 0 Å². The number of hydrogen-bond acceptors (Lipinski definition) is 3. The molecule has 1 aromatic heterocycles. The summed E-state index contributed by atoms with van der Waals surface area (Å²) in [5, 5.41) is 0. The molecule has 0 aromatic carbocycles. The van der Waals surface area contributed by atoms with Gasteiger partial charge in [-0.1, -0.05) is 6.92 Å². The summed E-state index contributed by atoms with van der Waals surface area (Å²) in [4.78, 5) is 6.89. The third-order valence-corrected chi connectivity index (χ3v) is 3.55. The molecular weight excluding hydrogens is 198 g/mol. The molecule has 2 N–H and O–H groups in total. The molecule has 0 saturated carbocycles. The van der Waals surface area contributed by atoms with Gasteiger partial charge in [-0.3, -0.25) is 0 Å². The second-order valence-corrected chi connectivity index (χ2v) is 4.80. The first-order chi connectivity index (χ1) is 7.72. The normalized spacial score (nSPS) is 17.8. The molecule has 1 fully saturated rings. The van der Waals surface area contributed by atoms with Crippen molar-refractivity contribution >= 4 is 5.82 Å². The minimum Gasteiger partial charge on any atom is -0.356 e. The van der Waals surface area contributed by atoms with Crippen LogP contribution in [0.25, 0.3) is 0 Å². The van der Waals surface area contributed by atoms with Gasteiger partial charge in [-0.15, -0.1) is 0 Å². The number of pyridine rings is 1. The van der Waals surface area contributed by atoms with E-state index in [4.69, 9.17) is 5.73 Å². The standard InChI is InChI=1S/C13H21N3/c1-10-4-7-16(8-5-10)13-12(9-14)11(2)3-6-15-13/h3,6,10H,4-5,7-9,14H2,1-2H3. The molecule has 3 heteroatoms. The number of aromatic nitrogens is 1. The van der Waals surface area contributed by atoms with Gasteiger partial charge in [0.25, 0.3) is 0 Å². The third-order valence-electron chi connectivity index (χ3n) is 3.55. The summed E-state index contributed by atoms with van der Waals surface area (Å²) < 4.78 is 0. The Hall–Kier alpha value is -1.09. The van der Waals surface area contributed by atoms with Gasteiger partial charge in [0.05, 0.1) is 0 Å². The van der Waals surface area contributed by atoms with E-state index in [1.807, 2.05) is 12.3 Å². The zero-order valence-electron chi connectivity index (χ0n) is 10.2. The molecule has 0 spiro atoms. The SMILES string of the molecule is Cc1ccnc(N2CCC(C)CC2)c1CN. The van der Waals surface area contributed by atoms with Gasteiger partial charge in [0.2, 0.25) is 0 Å². The van der Waals surface area contributed by atoms with Crippen LogP contribution in [0.4, 0.5) is 5.82 Å². The highest BCUT2D eigenvalue weighted by molar-refractivity contribution is 5.50. The van der Waals surface area contributed by atoms with Gasteiger partial charge in [0.15, 0.2) is 0 Å². The molecule has 88 valence electrons. The van der Waals surface area contributed by atoms with Crippen LogP contribution in [0, 0.1) is 12.8 Å². The van der Waals surface area contributed by atoms with E-state index in [2.05, 4.69) is 23.7 Å². The van der Waals surface area contributed by atoms with Crippen molar-refractivity contribution < 1.29 is 0 Å². The van der Waals surface area contributed by atoms with Crippen molar-refractivity contribution in [1.29, 1.82) is 0 Å². The zero-order valence-corrected chi connectivity index (χ0v) is 10.2. The van der Waals surface area contributed by atoms with Crippen LogP contribution in [0.2, 0.25) is 0 Å². The lowest BCUT2D eigenvalue weighted by atomic mass is 9.98. The molecule has 1 saturated heterocycles. The summed E-state index contributed by atoms with van der Waals surface area (Å²) in [5.41, 5.74) is 8.28. The number of hydrogen-bond donors (Lipinski definition) is 1. The van der Waals surface area contributed by atoms with Crippen LogP contribution in [-0.2, 0) is 6.54 Å². The minimum absolute atomic E-state index is 0.584. The number of piperidine rings is 1. The smallest absolute Gasteiger partial charge is 0.133 e. The number of nitrogens with two attached hydrogens (primary N) is 1. The average Bonchev–Trinajstić information content (AvgIpc) is 2.30. The zero-order chi connectivity index (χ0) is 11.5. The Kier molecular flexibility index (Phi) is 3.44. The fourth-order valence-corrected chi connectivity index (χ4v) is 2.32. The lowest BCUT2D eigenvalue weighted by Gasteiger charge is -2.32. The molecule has 0 radical (unpaired) electrons. The van der Waals surface area contributed by atoms with E-state index < -0.39 is 0 Å². The van der Waals surface area contributed by atoms with Gasteiger partial charge >= 0.3 is 0 Å². The van der Waals surface area contributed by atoms with E-state index in [1.165, 1.54) is 24.0 Å². The first kappa shape index (κ1) is 11.4. The number of nitrogens with zero attached hydrogens (tertiary/aromatic N) is 2. The molecule has 2 heterocycles. The summed E-state index contributed by atoms with van der Waals surface area (Å²) in [7, 11) is 0. The second-order valence-electron chi connectivity index (χ2n) is 4.80.